The first-order chi connectivity index (χ1) is 16.5. The maximum Gasteiger partial charge on any atom is 0.217 e. The van der Waals surface area contributed by atoms with Crippen molar-refractivity contribution in [1.82, 2.24) is 15.3 Å². The van der Waals surface area contributed by atoms with Gasteiger partial charge in [-0.15, -0.1) is 0 Å². The van der Waals surface area contributed by atoms with Crippen LogP contribution in [0.2, 0.25) is 5.02 Å². The van der Waals surface area contributed by atoms with Gasteiger partial charge in [-0.3, -0.25) is 4.79 Å². The number of nitriles is 1. The standard InChI is InChI=1S/C25H31ClN6O2/c1-17(33)30-18-5-7-19(8-6-18)31-24-13-20(21(26)14-28-24)22-3-2-4-23(32-22)29-16-25(15-27)9-11-34-12-10-25/h2-4,13-14,18-19H,5-12,16H2,1H3,(H,28,31)(H,29,32)(H,30,33). The van der Waals surface area contributed by atoms with E-state index in [0.717, 1.165) is 42.8 Å². The summed E-state index contributed by atoms with van der Waals surface area (Å²) in [5.41, 5.74) is 1.11. The summed E-state index contributed by atoms with van der Waals surface area (Å²) in [4.78, 5) is 20.5. The number of halogens is 1. The first kappa shape index (κ1) is 24.2. The van der Waals surface area contributed by atoms with E-state index in [4.69, 9.17) is 21.3 Å². The van der Waals surface area contributed by atoms with Gasteiger partial charge in [-0.05, 0) is 56.7 Å². The highest BCUT2D eigenvalue weighted by Gasteiger charge is 2.32. The molecular weight excluding hydrogens is 452 g/mol. The lowest BCUT2D eigenvalue weighted by atomic mass is 9.82. The number of nitrogens with one attached hydrogen (secondary N) is 3. The van der Waals surface area contributed by atoms with Gasteiger partial charge < -0.3 is 20.7 Å². The van der Waals surface area contributed by atoms with Crippen molar-refractivity contribution in [3.05, 3.63) is 35.5 Å². The van der Waals surface area contributed by atoms with Crippen molar-refractivity contribution < 1.29 is 9.53 Å². The lowest BCUT2D eigenvalue weighted by Gasteiger charge is -2.30. The van der Waals surface area contributed by atoms with E-state index in [2.05, 4.69) is 27.0 Å². The molecule has 34 heavy (non-hydrogen) atoms. The summed E-state index contributed by atoms with van der Waals surface area (Å²) in [6.07, 6.45) is 6.91. The fourth-order valence-corrected chi connectivity index (χ4v) is 4.83. The molecular formula is C25H31ClN6O2. The minimum Gasteiger partial charge on any atom is -0.381 e. The first-order valence-corrected chi connectivity index (χ1v) is 12.2. The van der Waals surface area contributed by atoms with E-state index >= 15 is 0 Å². The van der Waals surface area contributed by atoms with E-state index in [1.807, 2.05) is 24.3 Å². The molecule has 0 radical (unpaired) electrons. The molecule has 180 valence electrons. The van der Waals surface area contributed by atoms with Gasteiger partial charge >= 0.3 is 0 Å². The van der Waals surface area contributed by atoms with E-state index in [0.29, 0.717) is 49.5 Å². The van der Waals surface area contributed by atoms with Crippen molar-refractivity contribution in [2.45, 2.75) is 57.5 Å². The Labute approximate surface area is 205 Å². The molecule has 0 atom stereocenters. The SMILES string of the molecule is CC(=O)NC1CCC(Nc2cc(-c3cccc(NCC4(C#N)CCOCC4)n3)c(Cl)cn2)CC1. The molecule has 3 heterocycles. The zero-order valence-electron chi connectivity index (χ0n) is 19.4. The van der Waals surface area contributed by atoms with Crippen LogP contribution in [0, 0.1) is 16.7 Å². The monoisotopic (exact) mass is 482 g/mol. The number of ether oxygens (including phenoxy) is 1. The van der Waals surface area contributed by atoms with Gasteiger partial charge in [0, 0.05) is 50.5 Å². The second kappa shape index (κ2) is 11.0. The maximum atomic E-state index is 11.3. The van der Waals surface area contributed by atoms with Gasteiger partial charge in [0.15, 0.2) is 0 Å². The molecule has 4 rings (SSSR count). The van der Waals surface area contributed by atoms with Crippen LogP contribution in [0.4, 0.5) is 11.6 Å². The van der Waals surface area contributed by atoms with Gasteiger partial charge in [-0.2, -0.15) is 5.26 Å². The molecule has 3 N–H and O–H groups in total. The topological polar surface area (TPSA) is 112 Å². The summed E-state index contributed by atoms with van der Waals surface area (Å²) < 4.78 is 5.42. The van der Waals surface area contributed by atoms with Crippen LogP contribution in [-0.4, -0.2) is 47.7 Å². The normalized spacial score (nSPS) is 21.8. The van der Waals surface area contributed by atoms with Crippen LogP contribution in [0.5, 0.6) is 0 Å². The quantitative estimate of drug-likeness (QED) is 0.536. The Kier molecular flexibility index (Phi) is 7.86. The first-order valence-electron chi connectivity index (χ1n) is 11.9. The predicted molar refractivity (Wildman–Crippen MR) is 133 cm³/mol. The Hall–Kier alpha value is -2.89. The number of pyridine rings is 2. The summed E-state index contributed by atoms with van der Waals surface area (Å²) in [5, 5.41) is 20.1. The predicted octanol–water partition coefficient (Wildman–Crippen LogP) is 4.39. The lowest BCUT2D eigenvalue weighted by Crippen LogP contribution is -2.39. The van der Waals surface area contributed by atoms with Gasteiger partial charge in [0.2, 0.25) is 5.91 Å². The fourth-order valence-electron chi connectivity index (χ4n) is 4.63. The molecule has 0 spiro atoms. The smallest absolute Gasteiger partial charge is 0.217 e. The van der Waals surface area contributed by atoms with Crippen molar-refractivity contribution >= 4 is 29.1 Å². The third-order valence-corrected chi connectivity index (χ3v) is 6.96. The zero-order valence-corrected chi connectivity index (χ0v) is 20.2. The van der Waals surface area contributed by atoms with E-state index in [9.17, 15) is 10.1 Å². The Balaban J connectivity index is 1.42. The Morgan fingerprint density at radius 3 is 2.65 bits per heavy atom. The molecule has 1 saturated heterocycles. The van der Waals surface area contributed by atoms with Gasteiger partial charge in [0.25, 0.3) is 0 Å². The van der Waals surface area contributed by atoms with Gasteiger partial charge in [0.1, 0.15) is 11.6 Å². The van der Waals surface area contributed by atoms with Crippen LogP contribution in [-0.2, 0) is 9.53 Å². The van der Waals surface area contributed by atoms with Crippen molar-refractivity contribution in [2.75, 3.05) is 30.4 Å². The van der Waals surface area contributed by atoms with E-state index in [1.54, 1.807) is 13.1 Å². The number of carbonyl (C=O) groups is 1. The highest BCUT2D eigenvalue weighted by atomic mass is 35.5. The summed E-state index contributed by atoms with van der Waals surface area (Å²) in [5.74, 6) is 1.49. The molecule has 0 aromatic carbocycles. The van der Waals surface area contributed by atoms with E-state index < -0.39 is 5.41 Å². The van der Waals surface area contributed by atoms with E-state index in [1.165, 1.54) is 0 Å². The molecule has 0 bridgehead atoms. The Bertz CT molecular complexity index is 1040. The summed E-state index contributed by atoms with van der Waals surface area (Å²) in [7, 11) is 0. The van der Waals surface area contributed by atoms with Crippen LogP contribution < -0.4 is 16.0 Å². The molecule has 2 aromatic rings. The number of nitrogens with zero attached hydrogens (tertiary/aromatic N) is 3. The third-order valence-electron chi connectivity index (χ3n) is 6.66. The average Bonchev–Trinajstić information content (AvgIpc) is 2.85. The van der Waals surface area contributed by atoms with Crippen LogP contribution in [0.3, 0.4) is 0 Å². The second-order valence-electron chi connectivity index (χ2n) is 9.21. The molecule has 1 aliphatic carbocycles. The number of anilines is 2. The van der Waals surface area contributed by atoms with Crippen molar-refractivity contribution in [3.8, 4) is 17.3 Å². The molecule has 2 aromatic heterocycles. The molecule has 1 aliphatic heterocycles. The fraction of sp³-hybridized carbons (Fsp3) is 0.520. The van der Waals surface area contributed by atoms with Crippen LogP contribution in [0.15, 0.2) is 30.5 Å². The molecule has 2 fully saturated rings. The zero-order chi connectivity index (χ0) is 24.0. The number of hydrogen-bond acceptors (Lipinski definition) is 7. The second-order valence-corrected chi connectivity index (χ2v) is 9.62. The average molecular weight is 483 g/mol. The Morgan fingerprint density at radius 2 is 1.94 bits per heavy atom. The number of carbonyl (C=O) groups excluding carboxylic acids is 1. The van der Waals surface area contributed by atoms with Crippen molar-refractivity contribution in [1.29, 1.82) is 5.26 Å². The van der Waals surface area contributed by atoms with Crippen LogP contribution in [0.1, 0.15) is 45.4 Å². The van der Waals surface area contributed by atoms with Crippen LogP contribution in [0.25, 0.3) is 11.3 Å². The lowest BCUT2D eigenvalue weighted by molar-refractivity contribution is -0.119. The molecule has 2 aliphatic rings. The van der Waals surface area contributed by atoms with E-state index in [-0.39, 0.29) is 11.9 Å². The minimum absolute atomic E-state index is 0.0280. The summed E-state index contributed by atoms with van der Waals surface area (Å²) in [6, 6.07) is 10.7. The van der Waals surface area contributed by atoms with Crippen molar-refractivity contribution in [2.24, 2.45) is 5.41 Å². The largest absolute Gasteiger partial charge is 0.381 e. The highest BCUT2D eigenvalue weighted by molar-refractivity contribution is 6.33. The molecule has 8 nitrogen and oxygen atoms in total. The third kappa shape index (κ3) is 6.16. The van der Waals surface area contributed by atoms with Gasteiger partial charge in [-0.1, -0.05) is 17.7 Å². The van der Waals surface area contributed by atoms with Gasteiger partial charge in [0.05, 0.1) is 22.2 Å². The molecule has 9 heteroatoms. The Morgan fingerprint density at radius 1 is 1.21 bits per heavy atom. The number of rotatable bonds is 7. The van der Waals surface area contributed by atoms with Gasteiger partial charge in [-0.25, -0.2) is 9.97 Å². The highest BCUT2D eigenvalue weighted by Crippen LogP contribution is 2.32. The van der Waals surface area contributed by atoms with Crippen LogP contribution >= 0.6 is 11.6 Å². The number of amides is 1. The maximum absolute atomic E-state index is 11.3. The molecule has 0 unspecified atom stereocenters. The molecule has 1 amide bonds. The minimum atomic E-state index is -0.430. The number of aromatic nitrogens is 2. The summed E-state index contributed by atoms with van der Waals surface area (Å²) >= 11 is 6.49. The summed E-state index contributed by atoms with van der Waals surface area (Å²) in [6.45, 7) is 3.32. The molecule has 1 saturated carbocycles. The van der Waals surface area contributed by atoms with Crippen molar-refractivity contribution in [3.63, 3.8) is 0 Å². The number of hydrogen-bond donors (Lipinski definition) is 3.